The van der Waals surface area contributed by atoms with Crippen LogP contribution in [-0.2, 0) is 6.54 Å². The Morgan fingerprint density at radius 2 is 2.15 bits per heavy atom. The smallest absolute Gasteiger partial charge is 0.131 e. The first-order valence-corrected chi connectivity index (χ1v) is 6.63. The minimum atomic E-state index is -0.281. The summed E-state index contributed by atoms with van der Waals surface area (Å²) in [4.78, 5) is 3.96. The number of rotatable bonds is 4. The van der Waals surface area contributed by atoms with Crippen molar-refractivity contribution in [2.75, 3.05) is 0 Å². The summed E-state index contributed by atoms with van der Waals surface area (Å²) in [6, 6.07) is 9.47. The summed E-state index contributed by atoms with van der Waals surface area (Å²) in [5, 5.41) is 12.2. The number of hydrogen-bond acceptors (Lipinski definition) is 3. The number of pyridine rings is 1. The van der Waals surface area contributed by atoms with Crippen molar-refractivity contribution in [1.82, 2.24) is 10.3 Å². The molecule has 0 unspecified atom stereocenters. The van der Waals surface area contributed by atoms with E-state index < -0.39 is 0 Å². The zero-order valence-electron chi connectivity index (χ0n) is 10.9. The molecule has 0 bridgehead atoms. The average Bonchev–Trinajstić information content (AvgIpc) is 3.29. The predicted octanol–water partition coefficient (Wildman–Crippen LogP) is 3.01. The van der Waals surface area contributed by atoms with Gasteiger partial charge in [-0.3, -0.25) is 4.98 Å². The van der Waals surface area contributed by atoms with Gasteiger partial charge in [0.15, 0.2) is 0 Å². The molecule has 1 fully saturated rings. The molecule has 0 spiro atoms. The number of benzene rings is 1. The predicted molar refractivity (Wildman–Crippen MR) is 74.2 cm³/mol. The fraction of sp³-hybridized carbons (Fsp3) is 0.250. The van der Waals surface area contributed by atoms with Crippen molar-refractivity contribution in [1.29, 1.82) is 5.26 Å². The molecule has 0 radical (unpaired) electrons. The summed E-state index contributed by atoms with van der Waals surface area (Å²) in [6.07, 6.45) is 5.47. The quantitative estimate of drug-likeness (QED) is 0.926. The number of nitrogens with one attached hydrogen (secondary N) is 1. The maximum Gasteiger partial charge on any atom is 0.131 e. The van der Waals surface area contributed by atoms with E-state index in [4.69, 9.17) is 5.26 Å². The SMILES string of the molecule is N#Cc1cncc(-c2ccc(CNC3CC3)cc2F)c1. The summed E-state index contributed by atoms with van der Waals surface area (Å²) in [5.74, 6) is -0.281. The first kappa shape index (κ1) is 12.8. The van der Waals surface area contributed by atoms with E-state index in [0.29, 0.717) is 29.3 Å². The van der Waals surface area contributed by atoms with E-state index >= 15 is 0 Å². The van der Waals surface area contributed by atoms with Crippen LogP contribution in [0.1, 0.15) is 24.0 Å². The summed E-state index contributed by atoms with van der Waals surface area (Å²) < 4.78 is 14.2. The molecule has 3 rings (SSSR count). The van der Waals surface area contributed by atoms with Crippen molar-refractivity contribution in [3.8, 4) is 17.2 Å². The Morgan fingerprint density at radius 3 is 2.85 bits per heavy atom. The van der Waals surface area contributed by atoms with Gasteiger partial charge in [-0.15, -0.1) is 0 Å². The second-order valence-corrected chi connectivity index (χ2v) is 5.04. The largest absolute Gasteiger partial charge is 0.310 e. The second kappa shape index (κ2) is 5.40. The summed E-state index contributed by atoms with van der Waals surface area (Å²) in [7, 11) is 0. The zero-order chi connectivity index (χ0) is 13.9. The second-order valence-electron chi connectivity index (χ2n) is 5.04. The molecule has 1 aliphatic carbocycles. The minimum Gasteiger partial charge on any atom is -0.310 e. The Bertz CT molecular complexity index is 672. The van der Waals surface area contributed by atoms with Gasteiger partial charge in [0.1, 0.15) is 11.9 Å². The Morgan fingerprint density at radius 1 is 1.30 bits per heavy atom. The molecule has 1 saturated carbocycles. The molecular formula is C16H14FN3. The maximum atomic E-state index is 14.2. The fourth-order valence-electron chi connectivity index (χ4n) is 2.10. The molecule has 100 valence electrons. The third-order valence-corrected chi connectivity index (χ3v) is 3.38. The van der Waals surface area contributed by atoms with Gasteiger partial charge in [0.2, 0.25) is 0 Å². The number of hydrogen-bond donors (Lipinski definition) is 1. The fourth-order valence-corrected chi connectivity index (χ4v) is 2.10. The van der Waals surface area contributed by atoms with Crippen molar-refractivity contribution >= 4 is 0 Å². The van der Waals surface area contributed by atoms with E-state index in [9.17, 15) is 4.39 Å². The van der Waals surface area contributed by atoms with Crippen LogP contribution < -0.4 is 5.32 Å². The standard InChI is InChI=1S/C16H14FN3/c17-16-6-11(9-20-14-2-3-14)1-4-15(16)13-5-12(7-18)8-19-10-13/h1,4-6,8,10,14,20H,2-3,9H2. The lowest BCUT2D eigenvalue weighted by atomic mass is 10.0. The van der Waals surface area contributed by atoms with Gasteiger partial charge in [0.05, 0.1) is 5.56 Å². The summed E-state index contributed by atoms with van der Waals surface area (Å²) in [6.45, 7) is 0.693. The van der Waals surface area contributed by atoms with E-state index in [1.165, 1.54) is 19.0 Å². The van der Waals surface area contributed by atoms with Crippen LogP contribution in [0.3, 0.4) is 0 Å². The molecule has 2 aromatic rings. The molecule has 1 aliphatic rings. The summed E-state index contributed by atoms with van der Waals surface area (Å²) >= 11 is 0. The van der Waals surface area contributed by atoms with E-state index in [-0.39, 0.29) is 5.82 Å². The Labute approximate surface area is 117 Å². The number of aromatic nitrogens is 1. The van der Waals surface area contributed by atoms with E-state index in [1.54, 1.807) is 24.4 Å². The van der Waals surface area contributed by atoms with Crippen molar-refractivity contribution in [3.63, 3.8) is 0 Å². The monoisotopic (exact) mass is 267 g/mol. The van der Waals surface area contributed by atoms with E-state index in [0.717, 1.165) is 5.56 Å². The van der Waals surface area contributed by atoms with Gasteiger partial charge in [-0.2, -0.15) is 5.26 Å². The Balaban J connectivity index is 1.83. The van der Waals surface area contributed by atoms with Crippen LogP contribution in [0.25, 0.3) is 11.1 Å². The molecular weight excluding hydrogens is 253 g/mol. The van der Waals surface area contributed by atoms with Crippen molar-refractivity contribution in [2.24, 2.45) is 0 Å². The van der Waals surface area contributed by atoms with Crippen LogP contribution >= 0.6 is 0 Å². The van der Waals surface area contributed by atoms with E-state index in [1.807, 2.05) is 12.1 Å². The Hall–Kier alpha value is -2.25. The van der Waals surface area contributed by atoms with Gasteiger partial charge >= 0.3 is 0 Å². The van der Waals surface area contributed by atoms with Crippen LogP contribution in [-0.4, -0.2) is 11.0 Å². The van der Waals surface area contributed by atoms with Gasteiger partial charge in [-0.25, -0.2) is 4.39 Å². The highest BCUT2D eigenvalue weighted by Crippen LogP contribution is 2.24. The number of nitriles is 1. The lowest BCUT2D eigenvalue weighted by molar-refractivity contribution is 0.623. The third kappa shape index (κ3) is 2.84. The highest BCUT2D eigenvalue weighted by Gasteiger charge is 2.20. The minimum absolute atomic E-state index is 0.281. The molecule has 0 atom stereocenters. The van der Waals surface area contributed by atoms with Gasteiger partial charge in [0.25, 0.3) is 0 Å². The molecule has 1 heterocycles. The highest BCUT2D eigenvalue weighted by atomic mass is 19.1. The molecule has 4 heteroatoms. The lowest BCUT2D eigenvalue weighted by Crippen LogP contribution is -2.15. The first-order valence-electron chi connectivity index (χ1n) is 6.63. The van der Waals surface area contributed by atoms with Crippen LogP contribution in [0.4, 0.5) is 4.39 Å². The van der Waals surface area contributed by atoms with Crippen LogP contribution in [0, 0.1) is 17.1 Å². The van der Waals surface area contributed by atoms with Crippen LogP contribution in [0.5, 0.6) is 0 Å². The first-order chi connectivity index (χ1) is 9.76. The molecule has 1 aromatic heterocycles. The molecule has 20 heavy (non-hydrogen) atoms. The van der Waals surface area contributed by atoms with Crippen molar-refractivity contribution in [2.45, 2.75) is 25.4 Å². The van der Waals surface area contributed by atoms with Crippen molar-refractivity contribution < 1.29 is 4.39 Å². The molecule has 1 aromatic carbocycles. The molecule has 1 N–H and O–H groups in total. The Kier molecular flexibility index (Phi) is 3.44. The van der Waals surface area contributed by atoms with Crippen LogP contribution in [0.2, 0.25) is 0 Å². The zero-order valence-corrected chi connectivity index (χ0v) is 10.9. The van der Waals surface area contributed by atoms with Crippen molar-refractivity contribution in [3.05, 3.63) is 53.6 Å². The van der Waals surface area contributed by atoms with E-state index in [2.05, 4.69) is 10.3 Å². The number of nitrogens with zero attached hydrogens (tertiary/aromatic N) is 2. The number of halogens is 1. The van der Waals surface area contributed by atoms with Gasteiger partial charge in [-0.05, 0) is 30.5 Å². The lowest BCUT2D eigenvalue weighted by Gasteiger charge is -2.07. The third-order valence-electron chi connectivity index (χ3n) is 3.38. The molecule has 0 saturated heterocycles. The van der Waals surface area contributed by atoms with Gasteiger partial charge < -0.3 is 5.32 Å². The highest BCUT2D eigenvalue weighted by molar-refractivity contribution is 5.65. The average molecular weight is 267 g/mol. The topological polar surface area (TPSA) is 48.7 Å². The molecule has 0 amide bonds. The maximum absolute atomic E-state index is 14.2. The molecule has 0 aliphatic heterocycles. The normalized spacial score (nSPS) is 14.0. The van der Waals surface area contributed by atoms with Gasteiger partial charge in [-0.1, -0.05) is 12.1 Å². The molecule has 3 nitrogen and oxygen atoms in total. The summed E-state index contributed by atoms with van der Waals surface area (Å²) in [5.41, 5.74) is 2.47. The van der Waals surface area contributed by atoms with Gasteiger partial charge in [0, 0.05) is 36.1 Å². The van der Waals surface area contributed by atoms with Crippen LogP contribution in [0.15, 0.2) is 36.7 Å².